The van der Waals surface area contributed by atoms with E-state index in [4.69, 9.17) is 0 Å². The molecule has 1 heterocycles. The predicted molar refractivity (Wildman–Crippen MR) is 47.6 cm³/mol. The minimum atomic E-state index is 0.867. The summed E-state index contributed by atoms with van der Waals surface area (Å²) in [6.45, 7) is 5.96. The molecule has 3 unspecified atom stereocenters. The van der Waals surface area contributed by atoms with E-state index in [2.05, 4.69) is 18.7 Å². The van der Waals surface area contributed by atoms with Gasteiger partial charge in [0.2, 0.25) is 0 Å². The number of likely N-dealkylation sites (tertiary alicyclic amines) is 1. The average molecular weight is 153 g/mol. The Morgan fingerprint density at radius 2 is 2.09 bits per heavy atom. The minimum Gasteiger partial charge on any atom is -0.298 e. The zero-order valence-corrected chi connectivity index (χ0v) is 7.71. The van der Waals surface area contributed by atoms with E-state index in [0.717, 1.165) is 18.0 Å². The van der Waals surface area contributed by atoms with Gasteiger partial charge in [-0.1, -0.05) is 6.92 Å². The lowest BCUT2D eigenvalue weighted by Crippen LogP contribution is -2.43. The molecule has 0 aromatic rings. The summed E-state index contributed by atoms with van der Waals surface area (Å²) in [5, 5.41) is 0. The second-order valence-electron chi connectivity index (χ2n) is 4.25. The van der Waals surface area contributed by atoms with Crippen molar-refractivity contribution >= 4 is 0 Å². The van der Waals surface area contributed by atoms with Crippen molar-refractivity contribution in [2.45, 2.75) is 51.6 Å². The lowest BCUT2D eigenvalue weighted by Gasteiger charge is -2.38. The van der Waals surface area contributed by atoms with Gasteiger partial charge in [0.1, 0.15) is 0 Å². The molecule has 1 nitrogen and oxygen atoms in total. The summed E-state index contributed by atoms with van der Waals surface area (Å²) < 4.78 is 0. The normalized spacial score (nSPS) is 44.7. The lowest BCUT2D eigenvalue weighted by molar-refractivity contribution is 0.105. The molecule has 0 spiro atoms. The number of nitrogens with zero attached hydrogens (tertiary/aromatic N) is 1. The molecule has 2 fully saturated rings. The van der Waals surface area contributed by atoms with Crippen LogP contribution >= 0.6 is 0 Å². The van der Waals surface area contributed by atoms with Gasteiger partial charge in [-0.2, -0.15) is 0 Å². The molecular weight excluding hydrogens is 134 g/mol. The van der Waals surface area contributed by atoms with E-state index in [0.29, 0.717) is 0 Å². The molecule has 0 amide bonds. The first-order valence-electron chi connectivity index (χ1n) is 5.07. The Hall–Kier alpha value is -0.0400. The van der Waals surface area contributed by atoms with Crippen LogP contribution in [0.1, 0.15) is 39.5 Å². The standard InChI is InChI=1S/C10H19N/c1-3-11-8(2)6-9-4-5-10(11)7-9/h8-10H,3-7H2,1-2H3. The van der Waals surface area contributed by atoms with Crippen molar-refractivity contribution < 1.29 is 0 Å². The number of fused-ring (bicyclic) bond motifs is 2. The first-order valence-corrected chi connectivity index (χ1v) is 5.07. The third-order valence-electron chi connectivity index (χ3n) is 3.59. The molecule has 11 heavy (non-hydrogen) atoms. The van der Waals surface area contributed by atoms with Crippen molar-refractivity contribution in [3.8, 4) is 0 Å². The predicted octanol–water partition coefficient (Wildman–Crippen LogP) is 2.27. The highest BCUT2D eigenvalue weighted by molar-refractivity contribution is 4.91. The Morgan fingerprint density at radius 3 is 2.82 bits per heavy atom. The smallest absolute Gasteiger partial charge is 0.0101 e. The monoisotopic (exact) mass is 153 g/mol. The van der Waals surface area contributed by atoms with Crippen LogP contribution in [0.15, 0.2) is 0 Å². The Labute approximate surface area is 69.8 Å². The summed E-state index contributed by atoms with van der Waals surface area (Å²) >= 11 is 0. The molecular formula is C10H19N. The quantitative estimate of drug-likeness (QED) is 0.558. The number of hydrogen-bond donors (Lipinski definition) is 0. The van der Waals surface area contributed by atoms with Crippen LogP contribution in [-0.2, 0) is 0 Å². The molecule has 2 aliphatic rings. The molecule has 64 valence electrons. The Balaban J connectivity index is 2.07. The van der Waals surface area contributed by atoms with Gasteiger partial charge < -0.3 is 0 Å². The maximum Gasteiger partial charge on any atom is 0.0101 e. The van der Waals surface area contributed by atoms with Crippen molar-refractivity contribution in [3.63, 3.8) is 0 Å². The highest BCUT2D eigenvalue weighted by atomic mass is 15.2. The van der Waals surface area contributed by atoms with Crippen LogP contribution in [0, 0.1) is 5.92 Å². The largest absolute Gasteiger partial charge is 0.298 e. The summed E-state index contributed by atoms with van der Waals surface area (Å²) in [5.74, 6) is 1.08. The van der Waals surface area contributed by atoms with Crippen LogP contribution in [0.2, 0.25) is 0 Å². The number of hydrogen-bond acceptors (Lipinski definition) is 1. The van der Waals surface area contributed by atoms with Gasteiger partial charge in [-0.15, -0.1) is 0 Å². The fraction of sp³-hybridized carbons (Fsp3) is 1.00. The highest BCUT2D eigenvalue weighted by Gasteiger charge is 2.36. The summed E-state index contributed by atoms with van der Waals surface area (Å²) in [6, 6.07) is 1.82. The molecule has 1 aliphatic carbocycles. The van der Waals surface area contributed by atoms with Gasteiger partial charge >= 0.3 is 0 Å². The summed E-state index contributed by atoms with van der Waals surface area (Å²) in [6.07, 6.45) is 5.94. The summed E-state index contributed by atoms with van der Waals surface area (Å²) in [4.78, 5) is 2.70. The van der Waals surface area contributed by atoms with Crippen molar-refractivity contribution in [3.05, 3.63) is 0 Å². The van der Waals surface area contributed by atoms with Crippen molar-refractivity contribution in [2.24, 2.45) is 5.92 Å². The van der Waals surface area contributed by atoms with Crippen LogP contribution in [0.5, 0.6) is 0 Å². The van der Waals surface area contributed by atoms with Gasteiger partial charge in [-0.3, -0.25) is 4.90 Å². The van der Waals surface area contributed by atoms with E-state index in [1.165, 1.54) is 32.2 Å². The highest BCUT2D eigenvalue weighted by Crippen LogP contribution is 2.39. The first kappa shape index (κ1) is 7.60. The van der Waals surface area contributed by atoms with E-state index >= 15 is 0 Å². The Bertz CT molecular complexity index is 144. The maximum atomic E-state index is 2.70. The topological polar surface area (TPSA) is 3.24 Å². The molecule has 2 rings (SSSR count). The van der Waals surface area contributed by atoms with E-state index in [1.54, 1.807) is 0 Å². The minimum absolute atomic E-state index is 0.867. The molecule has 1 saturated carbocycles. The Kier molecular flexibility index (Phi) is 1.92. The van der Waals surface area contributed by atoms with E-state index in [1.807, 2.05) is 0 Å². The van der Waals surface area contributed by atoms with Crippen molar-refractivity contribution in [1.29, 1.82) is 0 Å². The molecule has 3 atom stereocenters. The molecule has 1 aliphatic heterocycles. The van der Waals surface area contributed by atoms with E-state index < -0.39 is 0 Å². The maximum absolute atomic E-state index is 2.70. The molecule has 0 aromatic carbocycles. The zero-order valence-electron chi connectivity index (χ0n) is 7.71. The van der Waals surface area contributed by atoms with Crippen LogP contribution in [0.3, 0.4) is 0 Å². The molecule has 2 bridgehead atoms. The van der Waals surface area contributed by atoms with Crippen molar-refractivity contribution in [1.82, 2.24) is 4.90 Å². The van der Waals surface area contributed by atoms with Gasteiger partial charge in [0.15, 0.2) is 0 Å². The Morgan fingerprint density at radius 1 is 1.27 bits per heavy atom. The first-order chi connectivity index (χ1) is 5.31. The van der Waals surface area contributed by atoms with E-state index in [9.17, 15) is 0 Å². The van der Waals surface area contributed by atoms with Gasteiger partial charge in [0.25, 0.3) is 0 Å². The molecule has 1 saturated heterocycles. The number of piperidine rings is 1. The fourth-order valence-electron chi connectivity index (χ4n) is 3.11. The molecule has 0 radical (unpaired) electrons. The van der Waals surface area contributed by atoms with Gasteiger partial charge in [0, 0.05) is 12.1 Å². The van der Waals surface area contributed by atoms with Crippen molar-refractivity contribution in [2.75, 3.05) is 6.54 Å². The second-order valence-corrected chi connectivity index (χ2v) is 4.25. The van der Waals surface area contributed by atoms with Gasteiger partial charge in [-0.25, -0.2) is 0 Å². The molecule has 0 aromatic heterocycles. The molecule has 0 N–H and O–H groups in total. The average Bonchev–Trinajstić information content (AvgIpc) is 2.34. The van der Waals surface area contributed by atoms with Crippen LogP contribution in [0.25, 0.3) is 0 Å². The third-order valence-corrected chi connectivity index (χ3v) is 3.59. The van der Waals surface area contributed by atoms with Crippen LogP contribution in [-0.4, -0.2) is 23.5 Å². The second kappa shape index (κ2) is 2.78. The lowest BCUT2D eigenvalue weighted by atomic mass is 9.93. The summed E-state index contributed by atoms with van der Waals surface area (Å²) in [5.41, 5.74) is 0. The third kappa shape index (κ3) is 1.20. The fourth-order valence-corrected chi connectivity index (χ4v) is 3.11. The van der Waals surface area contributed by atoms with Gasteiger partial charge in [0.05, 0.1) is 0 Å². The van der Waals surface area contributed by atoms with Gasteiger partial charge in [-0.05, 0) is 45.1 Å². The van der Waals surface area contributed by atoms with E-state index in [-0.39, 0.29) is 0 Å². The SMILES string of the molecule is CCN1C(C)CC2CCC1C2. The summed E-state index contributed by atoms with van der Waals surface area (Å²) in [7, 11) is 0. The molecule has 1 heteroatoms. The van der Waals surface area contributed by atoms with Crippen LogP contribution in [0.4, 0.5) is 0 Å². The number of rotatable bonds is 1. The van der Waals surface area contributed by atoms with Crippen LogP contribution < -0.4 is 0 Å². The zero-order chi connectivity index (χ0) is 7.84.